The van der Waals surface area contributed by atoms with Gasteiger partial charge >= 0.3 is 6.36 Å². The van der Waals surface area contributed by atoms with Gasteiger partial charge in [0.2, 0.25) is 5.91 Å². The molecule has 9 heteroatoms. The Labute approximate surface area is 167 Å². The molecule has 0 atom stereocenters. The molecule has 2 heterocycles. The van der Waals surface area contributed by atoms with Crippen molar-refractivity contribution in [1.82, 2.24) is 14.8 Å². The van der Waals surface area contributed by atoms with E-state index in [1.165, 1.54) is 12.1 Å². The van der Waals surface area contributed by atoms with E-state index in [0.717, 1.165) is 5.82 Å². The molecular formula is C20H23F3N4O2. The third-order valence-corrected chi connectivity index (χ3v) is 4.65. The Morgan fingerprint density at radius 2 is 1.79 bits per heavy atom. The lowest BCUT2D eigenvalue weighted by atomic mass is 10.2. The molecule has 3 rings (SSSR count). The van der Waals surface area contributed by atoms with Gasteiger partial charge in [0.15, 0.2) is 0 Å². The zero-order valence-electron chi connectivity index (χ0n) is 16.1. The molecular weight excluding hydrogens is 385 g/mol. The molecule has 0 spiro atoms. The number of carbonyl (C=O) groups excluding carboxylic acids is 1. The van der Waals surface area contributed by atoms with Crippen LogP contribution in [0.5, 0.6) is 5.75 Å². The summed E-state index contributed by atoms with van der Waals surface area (Å²) in [5, 5.41) is 0. The van der Waals surface area contributed by atoms with Crippen LogP contribution in [-0.4, -0.2) is 66.8 Å². The quantitative estimate of drug-likeness (QED) is 0.736. The number of piperazine rings is 1. The van der Waals surface area contributed by atoms with E-state index >= 15 is 0 Å². The Morgan fingerprint density at radius 1 is 1.10 bits per heavy atom. The maximum Gasteiger partial charge on any atom is 0.573 e. The number of halogens is 3. The van der Waals surface area contributed by atoms with Crippen LogP contribution >= 0.6 is 0 Å². The van der Waals surface area contributed by atoms with Gasteiger partial charge < -0.3 is 14.5 Å². The first-order chi connectivity index (χ1) is 13.8. The predicted octanol–water partition coefficient (Wildman–Crippen LogP) is 2.76. The zero-order valence-corrected chi connectivity index (χ0v) is 16.1. The fourth-order valence-electron chi connectivity index (χ4n) is 3.26. The van der Waals surface area contributed by atoms with Gasteiger partial charge in [0.25, 0.3) is 0 Å². The fraction of sp³-hybridized carbons (Fsp3) is 0.400. The molecule has 156 valence electrons. The van der Waals surface area contributed by atoms with Crippen LogP contribution in [0.25, 0.3) is 0 Å². The Kier molecular flexibility index (Phi) is 6.58. The van der Waals surface area contributed by atoms with E-state index in [1.54, 1.807) is 35.2 Å². The average molecular weight is 408 g/mol. The maximum absolute atomic E-state index is 12.6. The van der Waals surface area contributed by atoms with Crippen molar-refractivity contribution in [2.24, 2.45) is 0 Å². The molecule has 0 unspecified atom stereocenters. The Balaban J connectivity index is 1.52. The molecule has 0 aliphatic carbocycles. The van der Waals surface area contributed by atoms with Gasteiger partial charge in [-0.05, 0) is 25.2 Å². The molecule has 1 aromatic heterocycles. The lowest BCUT2D eigenvalue weighted by Crippen LogP contribution is -2.51. The second-order valence-corrected chi connectivity index (χ2v) is 6.88. The van der Waals surface area contributed by atoms with Crippen LogP contribution in [0.15, 0.2) is 48.7 Å². The number of aromatic nitrogens is 1. The van der Waals surface area contributed by atoms with Gasteiger partial charge in [0.05, 0.1) is 6.54 Å². The minimum Gasteiger partial charge on any atom is -0.405 e. The molecule has 1 saturated heterocycles. The molecule has 2 aromatic rings. The van der Waals surface area contributed by atoms with Crippen molar-refractivity contribution < 1.29 is 22.7 Å². The number of nitrogens with zero attached hydrogens (tertiary/aromatic N) is 4. The van der Waals surface area contributed by atoms with Crippen LogP contribution in [0.3, 0.4) is 0 Å². The maximum atomic E-state index is 12.6. The number of anilines is 1. The molecule has 1 amide bonds. The first-order valence-electron chi connectivity index (χ1n) is 9.28. The summed E-state index contributed by atoms with van der Waals surface area (Å²) < 4.78 is 41.8. The highest BCUT2D eigenvalue weighted by Gasteiger charge is 2.32. The minimum atomic E-state index is -4.75. The molecule has 1 aromatic carbocycles. The van der Waals surface area contributed by atoms with Crippen molar-refractivity contribution in [3.05, 3.63) is 54.2 Å². The van der Waals surface area contributed by atoms with Crippen LogP contribution in [-0.2, 0) is 11.3 Å². The number of alkyl halides is 3. The van der Waals surface area contributed by atoms with E-state index in [2.05, 4.69) is 14.6 Å². The first-order valence-corrected chi connectivity index (χ1v) is 9.28. The topological polar surface area (TPSA) is 48.9 Å². The van der Waals surface area contributed by atoms with Crippen molar-refractivity contribution in [3.8, 4) is 5.75 Å². The Hall–Kier alpha value is -2.81. The predicted molar refractivity (Wildman–Crippen MR) is 102 cm³/mol. The summed E-state index contributed by atoms with van der Waals surface area (Å²) in [7, 11) is 1.70. The van der Waals surface area contributed by atoms with Gasteiger partial charge in [0, 0.05) is 44.5 Å². The number of rotatable bonds is 6. The number of amides is 1. The standard InChI is InChI=1S/C20H23F3N4O2/c1-25(14-16-6-2-3-7-17(16)29-20(21,22)23)15-19(28)27-12-10-26(11-13-27)18-8-4-5-9-24-18/h2-9H,10-15H2,1H3. The first kappa shape index (κ1) is 20.9. The van der Waals surface area contributed by atoms with Gasteiger partial charge in [-0.15, -0.1) is 13.2 Å². The summed E-state index contributed by atoms with van der Waals surface area (Å²) in [6.45, 7) is 2.83. The van der Waals surface area contributed by atoms with Crippen molar-refractivity contribution in [2.75, 3.05) is 44.7 Å². The lowest BCUT2D eigenvalue weighted by Gasteiger charge is -2.36. The Morgan fingerprint density at radius 3 is 2.45 bits per heavy atom. The largest absolute Gasteiger partial charge is 0.573 e. The summed E-state index contributed by atoms with van der Waals surface area (Å²) in [4.78, 5) is 22.5. The Bertz CT molecular complexity index is 809. The number of hydrogen-bond donors (Lipinski definition) is 0. The van der Waals surface area contributed by atoms with Crippen molar-refractivity contribution in [1.29, 1.82) is 0 Å². The number of benzene rings is 1. The SMILES string of the molecule is CN(CC(=O)N1CCN(c2ccccn2)CC1)Cc1ccccc1OC(F)(F)F. The molecule has 6 nitrogen and oxygen atoms in total. The monoisotopic (exact) mass is 408 g/mol. The smallest absolute Gasteiger partial charge is 0.405 e. The van der Waals surface area contributed by atoms with Crippen LogP contribution in [0.1, 0.15) is 5.56 Å². The highest BCUT2D eigenvalue weighted by Crippen LogP contribution is 2.27. The lowest BCUT2D eigenvalue weighted by molar-refractivity contribution is -0.275. The summed E-state index contributed by atoms with van der Waals surface area (Å²) in [6, 6.07) is 11.7. The van der Waals surface area contributed by atoms with E-state index in [-0.39, 0.29) is 24.7 Å². The molecule has 1 aliphatic rings. The van der Waals surface area contributed by atoms with Crippen LogP contribution in [0.2, 0.25) is 0 Å². The van der Waals surface area contributed by atoms with E-state index in [9.17, 15) is 18.0 Å². The van der Waals surface area contributed by atoms with Crippen molar-refractivity contribution in [2.45, 2.75) is 12.9 Å². The molecule has 29 heavy (non-hydrogen) atoms. The number of ether oxygens (including phenoxy) is 1. The van der Waals surface area contributed by atoms with Gasteiger partial charge in [0.1, 0.15) is 11.6 Å². The molecule has 1 aliphatic heterocycles. The highest BCUT2D eigenvalue weighted by molar-refractivity contribution is 5.78. The molecule has 1 fully saturated rings. The van der Waals surface area contributed by atoms with Gasteiger partial charge in [-0.25, -0.2) is 4.98 Å². The third kappa shape index (κ3) is 6.08. The van der Waals surface area contributed by atoms with Gasteiger partial charge in [-0.2, -0.15) is 0 Å². The number of likely N-dealkylation sites (N-methyl/N-ethyl adjacent to an activating group) is 1. The summed E-state index contributed by atoms with van der Waals surface area (Å²) in [6.07, 6.45) is -3.01. The number of para-hydroxylation sites is 1. The molecule has 0 N–H and O–H groups in total. The summed E-state index contributed by atoms with van der Waals surface area (Å²) in [5.74, 6) is 0.587. The van der Waals surface area contributed by atoms with Crippen LogP contribution < -0.4 is 9.64 Å². The average Bonchev–Trinajstić information content (AvgIpc) is 2.69. The zero-order chi connectivity index (χ0) is 20.9. The summed E-state index contributed by atoms with van der Waals surface area (Å²) in [5.41, 5.74) is 0.375. The molecule has 0 bridgehead atoms. The second-order valence-electron chi connectivity index (χ2n) is 6.88. The molecule has 0 radical (unpaired) electrons. The third-order valence-electron chi connectivity index (χ3n) is 4.65. The number of carbonyl (C=O) groups is 1. The van der Waals surface area contributed by atoms with Crippen LogP contribution in [0, 0.1) is 0 Å². The fourth-order valence-corrected chi connectivity index (χ4v) is 3.26. The van der Waals surface area contributed by atoms with Crippen LogP contribution in [0.4, 0.5) is 19.0 Å². The number of hydrogen-bond acceptors (Lipinski definition) is 5. The van der Waals surface area contributed by atoms with E-state index in [4.69, 9.17) is 0 Å². The second kappa shape index (κ2) is 9.13. The van der Waals surface area contributed by atoms with E-state index < -0.39 is 6.36 Å². The minimum absolute atomic E-state index is 0.0533. The normalized spacial score (nSPS) is 14.9. The van der Waals surface area contributed by atoms with E-state index in [1.807, 2.05) is 18.2 Å². The molecule has 0 saturated carbocycles. The van der Waals surface area contributed by atoms with Gasteiger partial charge in [-0.3, -0.25) is 9.69 Å². The van der Waals surface area contributed by atoms with Crippen molar-refractivity contribution in [3.63, 3.8) is 0 Å². The van der Waals surface area contributed by atoms with Gasteiger partial charge in [-0.1, -0.05) is 24.3 Å². The number of pyridine rings is 1. The van der Waals surface area contributed by atoms with E-state index in [0.29, 0.717) is 31.7 Å². The highest BCUT2D eigenvalue weighted by atomic mass is 19.4. The summed E-state index contributed by atoms with van der Waals surface area (Å²) >= 11 is 0. The van der Waals surface area contributed by atoms with Crippen molar-refractivity contribution >= 4 is 11.7 Å².